The number of nitrogens with zero attached hydrogens (tertiary/aromatic N) is 2. The van der Waals surface area contributed by atoms with Gasteiger partial charge in [-0.2, -0.15) is 5.10 Å². The number of nitrogens with one attached hydrogen (secondary N) is 1. The van der Waals surface area contributed by atoms with E-state index < -0.39 is 0 Å². The Kier molecular flexibility index (Phi) is 6.32. The van der Waals surface area contributed by atoms with E-state index in [2.05, 4.69) is 17.3 Å². The maximum atomic E-state index is 5.50. The zero-order valence-corrected chi connectivity index (χ0v) is 12.1. The second kappa shape index (κ2) is 7.51. The molecule has 0 amide bonds. The highest BCUT2D eigenvalue weighted by Gasteiger charge is 2.14. The lowest BCUT2D eigenvalue weighted by atomic mass is 10.1. The largest absolute Gasteiger partial charge is 0.352 e. The number of aryl methyl sites for hydroxylation is 2. The van der Waals surface area contributed by atoms with Gasteiger partial charge in [0.05, 0.1) is 5.69 Å². The molecule has 5 nitrogen and oxygen atoms in total. The van der Waals surface area contributed by atoms with Crippen LogP contribution in [0.15, 0.2) is 6.20 Å². The van der Waals surface area contributed by atoms with Gasteiger partial charge in [-0.15, -0.1) is 0 Å². The first-order valence-corrected chi connectivity index (χ1v) is 6.55. The summed E-state index contributed by atoms with van der Waals surface area (Å²) < 4.78 is 12.8. The van der Waals surface area contributed by atoms with Crippen molar-refractivity contribution >= 4 is 0 Å². The van der Waals surface area contributed by atoms with Crippen molar-refractivity contribution in [2.24, 2.45) is 7.05 Å². The third-order valence-corrected chi connectivity index (χ3v) is 2.81. The Morgan fingerprint density at radius 3 is 2.39 bits per heavy atom. The van der Waals surface area contributed by atoms with Gasteiger partial charge < -0.3 is 14.8 Å². The molecule has 0 saturated carbocycles. The molecule has 1 aromatic rings. The highest BCUT2D eigenvalue weighted by molar-refractivity contribution is 5.19. The van der Waals surface area contributed by atoms with Gasteiger partial charge in [-0.05, 0) is 27.7 Å². The molecule has 5 heteroatoms. The van der Waals surface area contributed by atoms with Crippen LogP contribution in [0.25, 0.3) is 0 Å². The van der Waals surface area contributed by atoms with E-state index in [0.717, 1.165) is 5.69 Å². The van der Waals surface area contributed by atoms with E-state index in [1.54, 1.807) is 0 Å². The first-order chi connectivity index (χ1) is 8.58. The number of aromatic nitrogens is 2. The molecule has 0 aromatic carbocycles. The molecular formula is C13H25N3O2. The smallest absolute Gasteiger partial charge is 0.169 e. The molecule has 0 fully saturated rings. The minimum atomic E-state index is -0.181. The van der Waals surface area contributed by atoms with Gasteiger partial charge in [0.2, 0.25) is 0 Å². The Hall–Kier alpha value is -0.910. The lowest BCUT2D eigenvalue weighted by molar-refractivity contribution is -0.133. The molecule has 0 radical (unpaired) electrons. The number of ether oxygens (including phenoxy) is 2. The Labute approximate surface area is 109 Å². The average Bonchev–Trinajstić information content (AvgIpc) is 2.65. The van der Waals surface area contributed by atoms with Gasteiger partial charge in [0, 0.05) is 44.6 Å². The molecule has 0 aliphatic rings. The Balaban J connectivity index is 2.48. The molecule has 1 heterocycles. The summed E-state index contributed by atoms with van der Waals surface area (Å²) in [5.41, 5.74) is 2.27. The molecule has 0 saturated heterocycles. The van der Waals surface area contributed by atoms with Crippen LogP contribution in [0, 0.1) is 6.92 Å². The summed E-state index contributed by atoms with van der Waals surface area (Å²) >= 11 is 0. The minimum absolute atomic E-state index is 0.181. The van der Waals surface area contributed by atoms with E-state index >= 15 is 0 Å². The van der Waals surface area contributed by atoms with Crippen LogP contribution in [0.4, 0.5) is 0 Å². The summed E-state index contributed by atoms with van der Waals surface area (Å²) in [6.07, 6.45) is 1.86. The van der Waals surface area contributed by atoms with Crippen molar-refractivity contribution < 1.29 is 9.47 Å². The highest BCUT2D eigenvalue weighted by Crippen LogP contribution is 2.15. The minimum Gasteiger partial charge on any atom is -0.352 e. The van der Waals surface area contributed by atoms with Gasteiger partial charge in [0.1, 0.15) is 0 Å². The van der Waals surface area contributed by atoms with Crippen molar-refractivity contribution in [3.05, 3.63) is 17.5 Å². The third kappa shape index (κ3) is 4.40. The maximum Gasteiger partial charge on any atom is 0.169 e. The summed E-state index contributed by atoms with van der Waals surface area (Å²) in [6, 6.07) is 0.238. The zero-order valence-electron chi connectivity index (χ0n) is 12.1. The van der Waals surface area contributed by atoms with E-state index in [1.165, 1.54) is 5.56 Å². The summed E-state index contributed by atoms with van der Waals surface area (Å²) in [7, 11) is 1.94. The van der Waals surface area contributed by atoms with Crippen LogP contribution in [0.5, 0.6) is 0 Å². The molecule has 18 heavy (non-hydrogen) atoms. The van der Waals surface area contributed by atoms with Crippen LogP contribution >= 0.6 is 0 Å². The van der Waals surface area contributed by atoms with Gasteiger partial charge in [0.15, 0.2) is 6.29 Å². The monoisotopic (exact) mass is 255 g/mol. The standard InChI is InChI=1S/C13H25N3O2/c1-6-17-13(18-7-2)8-14-10(3)12-9-16(5)15-11(12)4/h9-10,13-14H,6-8H2,1-5H3. The zero-order chi connectivity index (χ0) is 13.5. The van der Waals surface area contributed by atoms with Crippen molar-refractivity contribution in [1.82, 2.24) is 15.1 Å². The molecule has 0 spiro atoms. The predicted molar refractivity (Wildman–Crippen MR) is 71.4 cm³/mol. The van der Waals surface area contributed by atoms with Gasteiger partial charge in [0.25, 0.3) is 0 Å². The molecule has 1 N–H and O–H groups in total. The van der Waals surface area contributed by atoms with E-state index in [4.69, 9.17) is 9.47 Å². The van der Waals surface area contributed by atoms with Crippen molar-refractivity contribution in [3.63, 3.8) is 0 Å². The number of hydrogen-bond donors (Lipinski definition) is 1. The van der Waals surface area contributed by atoms with Crippen molar-refractivity contribution in [3.8, 4) is 0 Å². The van der Waals surface area contributed by atoms with Gasteiger partial charge in [-0.1, -0.05) is 0 Å². The van der Waals surface area contributed by atoms with Crippen molar-refractivity contribution in [2.45, 2.75) is 40.0 Å². The Morgan fingerprint density at radius 1 is 1.33 bits per heavy atom. The molecule has 0 aliphatic heterocycles. The quantitative estimate of drug-likeness (QED) is 0.719. The lowest BCUT2D eigenvalue weighted by Crippen LogP contribution is -2.33. The van der Waals surface area contributed by atoms with Crippen molar-refractivity contribution in [2.75, 3.05) is 19.8 Å². The first-order valence-electron chi connectivity index (χ1n) is 6.55. The van der Waals surface area contributed by atoms with E-state index in [0.29, 0.717) is 19.8 Å². The molecular weight excluding hydrogens is 230 g/mol. The topological polar surface area (TPSA) is 48.3 Å². The second-order valence-corrected chi connectivity index (χ2v) is 4.31. The molecule has 0 aliphatic carbocycles. The van der Waals surface area contributed by atoms with E-state index in [9.17, 15) is 0 Å². The molecule has 1 rings (SSSR count). The first kappa shape index (κ1) is 15.1. The average molecular weight is 255 g/mol. The summed E-state index contributed by atoms with van der Waals surface area (Å²) in [5, 5.41) is 7.77. The maximum absolute atomic E-state index is 5.50. The molecule has 1 unspecified atom stereocenters. The number of hydrogen-bond acceptors (Lipinski definition) is 4. The Morgan fingerprint density at radius 2 is 1.94 bits per heavy atom. The van der Waals surface area contributed by atoms with Crippen LogP contribution in [-0.4, -0.2) is 35.8 Å². The van der Waals surface area contributed by atoms with Crippen LogP contribution in [0.3, 0.4) is 0 Å². The van der Waals surface area contributed by atoms with Crippen LogP contribution in [0.2, 0.25) is 0 Å². The second-order valence-electron chi connectivity index (χ2n) is 4.31. The van der Waals surface area contributed by atoms with Crippen LogP contribution < -0.4 is 5.32 Å². The number of rotatable bonds is 8. The SMILES string of the molecule is CCOC(CNC(C)c1cn(C)nc1C)OCC. The fraction of sp³-hybridized carbons (Fsp3) is 0.769. The predicted octanol–water partition coefficient (Wildman–Crippen LogP) is 1.78. The molecule has 104 valence electrons. The van der Waals surface area contributed by atoms with Crippen LogP contribution in [-0.2, 0) is 16.5 Å². The summed E-state index contributed by atoms with van der Waals surface area (Å²) in [6.45, 7) is 10.1. The van der Waals surface area contributed by atoms with Crippen molar-refractivity contribution in [1.29, 1.82) is 0 Å². The highest BCUT2D eigenvalue weighted by atomic mass is 16.7. The van der Waals surface area contributed by atoms with Gasteiger partial charge >= 0.3 is 0 Å². The van der Waals surface area contributed by atoms with Crippen LogP contribution in [0.1, 0.15) is 38.1 Å². The normalized spacial score (nSPS) is 13.2. The summed E-state index contributed by atoms with van der Waals surface area (Å²) in [4.78, 5) is 0. The molecule has 1 atom stereocenters. The molecule has 1 aromatic heterocycles. The van der Waals surface area contributed by atoms with Gasteiger partial charge in [-0.25, -0.2) is 0 Å². The van der Waals surface area contributed by atoms with Gasteiger partial charge in [-0.3, -0.25) is 4.68 Å². The fourth-order valence-electron chi connectivity index (χ4n) is 1.96. The fourth-order valence-corrected chi connectivity index (χ4v) is 1.96. The molecule has 0 bridgehead atoms. The third-order valence-electron chi connectivity index (χ3n) is 2.81. The lowest BCUT2D eigenvalue weighted by Gasteiger charge is -2.20. The van der Waals surface area contributed by atoms with E-state index in [1.807, 2.05) is 38.7 Å². The summed E-state index contributed by atoms with van der Waals surface area (Å²) in [5.74, 6) is 0. The Bertz CT molecular complexity index is 346. The van der Waals surface area contributed by atoms with E-state index in [-0.39, 0.29) is 12.3 Å².